The molecule has 1 saturated heterocycles. The Hall–Kier alpha value is 0.300. The maximum absolute atomic E-state index is 6.49. The molecule has 1 aromatic rings. The molecule has 2 aliphatic rings. The van der Waals surface area contributed by atoms with E-state index >= 15 is 0 Å². The number of hydrogen-bond acceptors (Lipinski definition) is 2. The molecular formula is C16H24Cl4N2. The Labute approximate surface area is 155 Å². The van der Waals surface area contributed by atoms with Crippen molar-refractivity contribution in [1.82, 2.24) is 10.2 Å². The lowest BCUT2D eigenvalue weighted by Gasteiger charge is -2.39. The van der Waals surface area contributed by atoms with Gasteiger partial charge < -0.3 is 5.32 Å². The monoisotopic (exact) mass is 384 g/mol. The Balaban J connectivity index is 0.00000121. The van der Waals surface area contributed by atoms with Crippen LogP contribution in [0.25, 0.3) is 0 Å². The van der Waals surface area contributed by atoms with Gasteiger partial charge in [-0.15, -0.1) is 24.8 Å². The van der Waals surface area contributed by atoms with Gasteiger partial charge in [-0.25, -0.2) is 0 Å². The fourth-order valence-corrected chi connectivity index (χ4v) is 4.13. The van der Waals surface area contributed by atoms with Crippen LogP contribution in [-0.4, -0.2) is 31.1 Å². The first kappa shape index (κ1) is 20.3. The lowest BCUT2D eigenvalue weighted by molar-refractivity contribution is 0.125. The Morgan fingerprint density at radius 2 is 1.68 bits per heavy atom. The van der Waals surface area contributed by atoms with Crippen LogP contribution in [0.5, 0.6) is 0 Å². The molecular weight excluding hydrogens is 362 g/mol. The van der Waals surface area contributed by atoms with E-state index in [1.54, 1.807) is 0 Å². The molecule has 1 aliphatic carbocycles. The van der Waals surface area contributed by atoms with Crippen LogP contribution in [0.15, 0.2) is 18.2 Å². The molecule has 3 rings (SSSR count). The number of nitrogens with one attached hydrogen (secondary N) is 1. The Kier molecular flexibility index (Phi) is 8.84. The number of halogens is 4. The molecule has 1 aromatic carbocycles. The normalized spacial score (nSPS) is 21.0. The van der Waals surface area contributed by atoms with Crippen molar-refractivity contribution in [1.29, 1.82) is 0 Å². The molecule has 2 fully saturated rings. The van der Waals surface area contributed by atoms with Crippen LogP contribution in [0.1, 0.15) is 37.3 Å². The summed E-state index contributed by atoms with van der Waals surface area (Å²) in [5.74, 6) is 0.726. The standard InChI is InChI=1S/C16H22Cl2N2.2ClH/c17-13-5-6-15(18)14(11-13)16(12-3-1-2-4-12)20-9-7-19-8-10-20;;/h5-6,11-12,16,19H,1-4,7-10H2;2*1H/t16-;;/m1../s1. The molecule has 0 unspecified atom stereocenters. The molecule has 2 nitrogen and oxygen atoms in total. The molecule has 126 valence electrons. The maximum atomic E-state index is 6.49. The predicted octanol–water partition coefficient (Wildman–Crippen LogP) is 4.97. The van der Waals surface area contributed by atoms with Crippen LogP contribution in [0, 0.1) is 5.92 Å². The number of hydrogen-bond donors (Lipinski definition) is 1. The summed E-state index contributed by atoms with van der Waals surface area (Å²) < 4.78 is 0. The molecule has 1 saturated carbocycles. The molecule has 0 bridgehead atoms. The van der Waals surface area contributed by atoms with Gasteiger partial charge in [0.05, 0.1) is 0 Å². The minimum absolute atomic E-state index is 0. The summed E-state index contributed by atoms with van der Waals surface area (Å²) in [4.78, 5) is 2.60. The molecule has 1 N–H and O–H groups in total. The lowest BCUT2D eigenvalue weighted by atomic mass is 9.89. The van der Waals surface area contributed by atoms with E-state index in [1.165, 1.54) is 31.2 Å². The zero-order valence-electron chi connectivity index (χ0n) is 12.6. The van der Waals surface area contributed by atoms with Gasteiger partial charge in [0, 0.05) is 42.3 Å². The van der Waals surface area contributed by atoms with Crippen molar-refractivity contribution in [3.8, 4) is 0 Å². The van der Waals surface area contributed by atoms with E-state index in [0.29, 0.717) is 6.04 Å². The summed E-state index contributed by atoms with van der Waals surface area (Å²) in [6, 6.07) is 6.35. The van der Waals surface area contributed by atoms with Crippen LogP contribution in [0.2, 0.25) is 10.0 Å². The maximum Gasteiger partial charge on any atom is 0.0455 e. The van der Waals surface area contributed by atoms with Crippen LogP contribution in [0.3, 0.4) is 0 Å². The van der Waals surface area contributed by atoms with Crippen molar-refractivity contribution in [2.24, 2.45) is 5.92 Å². The van der Waals surface area contributed by atoms with Crippen molar-refractivity contribution < 1.29 is 0 Å². The second-order valence-corrected chi connectivity index (χ2v) is 6.78. The molecule has 1 aliphatic heterocycles. The Bertz CT molecular complexity index is 457. The van der Waals surface area contributed by atoms with E-state index < -0.39 is 0 Å². The highest BCUT2D eigenvalue weighted by atomic mass is 35.5. The zero-order chi connectivity index (χ0) is 13.9. The summed E-state index contributed by atoms with van der Waals surface area (Å²) in [5, 5.41) is 5.10. The van der Waals surface area contributed by atoms with Crippen molar-refractivity contribution >= 4 is 48.0 Å². The minimum Gasteiger partial charge on any atom is -0.314 e. The van der Waals surface area contributed by atoms with Gasteiger partial charge in [-0.3, -0.25) is 4.90 Å². The van der Waals surface area contributed by atoms with E-state index in [0.717, 1.165) is 42.1 Å². The zero-order valence-corrected chi connectivity index (χ0v) is 15.7. The Morgan fingerprint density at radius 1 is 1.05 bits per heavy atom. The SMILES string of the molecule is Cl.Cl.Clc1ccc(Cl)c([C@@H](C2CCCC2)N2CCNCC2)c1. The van der Waals surface area contributed by atoms with Gasteiger partial charge in [0.15, 0.2) is 0 Å². The lowest BCUT2D eigenvalue weighted by Crippen LogP contribution is -2.46. The third kappa shape index (κ3) is 4.66. The average Bonchev–Trinajstić information content (AvgIpc) is 2.98. The van der Waals surface area contributed by atoms with Gasteiger partial charge in [0.2, 0.25) is 0 Å². The van der Waals surface area contributed by atoms with Crippen molar-refractivity contribution in [2.75, 3.05) is 26.2 Å². The van der Waals surface area contributed by atoms with Gasteiger partial charge in [0.25, 0.3) is 0 Å². The second-order valence-electron chi connectivity index (χ2n) is 5.94. The van der Waals surface area contributed by atoms with Crippen LogP contribution in [-0.2, 0) is 0 Å². The first-order valence-electron chi connectivity index (χ1n) is 7.65. The average molecular weight is 386 g/mol. The summed E-state index contributed by atoms with van der Waals surface area (Å²) in [7, 11) is 0. The minimum atomic E-state index is 0. The molecule has 6 heteroatoms. The smallest absolute Gasteiger partial charge is 0.0455 e. The molecule has 22 heavy (non-hydrogen) atoms. The highest BCUT2D eigenvalue weighted by Crippen LogP contribution is 2.42. The first-order valence-corrected chi connectivity index (χ1v) is 8.41. The number of piperazine rings is 1. The van der Waals surface area contributed by atoms with E-state index in [9.17, 15) is 0 Å². The third-order valence-electron chi connectivity index (χ3n) is 4.67. The fourth-order valence-electron chi connectivity index (χ4n) is 3.72. The van der Waals surface area contributed by atoms with Crippen molar-refractivity contribution in [2.45, 2.75) is 31.7 Å². The highest BCUT2D eigenvalue weighted by molar-refractivity contribution is 6.33. The van der Waals surface area contributed by atoms with E-state index in [-0.39, 0.29) is 24.8 Å². The van der Waals surface area contributed by atoms with Crippen LogP contribution in [0.4, 0.5) is 0 Å². The number of nitrogens with zero attached hydrogens (tertiary/aromatic N) is 1. The predicted molar refractivity (Wildman–Crippen MR) is 100 cm³/mol. The molecule has 1 heterocycles. The third-order valence-corrected chi connectivity index (χ3v) is 5.25. The molecule has 0 amide bonds. The first-order chi connectivity index (χ1) is 9.75. The van der Waals surface area contributed by atoms with Crippen molar-refractivity contribution in [3.63, 3.8) is 0 Å². The van der Waals surface area contributed by atoms with Gasteiger partial charge in [-0.2, -0.15) is 0 Å². The largest absolute Gasteiger partial charge is 0.314 e. The quantitative estimate of drug-likeness (QED) is 0.789. The fraction of sp³-hybridized carbons (Fsp3) is 0.625. The van der Waals surface area contributed by atoms with Gasteiger partial charge >= 0.3 is 0 Å². The topological polar surface area (TPSA) is 15.3 Å². The number of rotatable bonds is 3. The summed E-state index contributed by atoms with van der Waals surface area (Å²) in [5.41, 5.74) is 1.23. The second kappa shape index (κ2) is 9.56. The molecule has 0 aromatic heterocycles. The molecule has 0 spiro atoms. The van der Waals surface area contributed by atoms with Gasteiger partial charge in [-0.1, -0.05) is 36.0 Å². The summed E-state index contributed by atoms with van der Waals surface area (Å²) >= 11 is 12.7. The Morgan fingerprint density at radius 3 is 2.32 bits per heavy atom. The van der Waals surface area contributed by atoms with Crippen LogP contribution < -0.4 is 5.32 Å². The van der Waals surface area contributed by atoms with Gasteiger partial charge in [0.1, 0.15) is 0 Å². The number of benzene rings is 1. The summed E-state index contributed by atoms with van der Waals surface area (Å²) in [6.07, 6.45) is 5.34. The van der Waals surface area contributed by atoms with Gasteiger partial charge in [-0.05, 0) is 42.5 Å². The van der Waals surface area contributed by atoms with E-state index in [2.05, 4.69) is 16.3 Å². The highest BCUT2D eigenvalue weighted by Gasteiger charge is 2.33. The molecule has 0 radical (unpaired) electrons. The van der Waals surface area contributed by atoms with E-state index in [1.807, 2.05) is 12.1 Å². The van der Waals surface area contributed by atoms with Crippen LogP contribution >= 0.6 is 48.0 Å². The van der Waals surface area contributed by atoms with Crippen molar-refractivity contribution in [3.05, 3.63) is 33.8 Å². The van der Waals surface area contributed by atoms with E-state index in [4.69, 9.17) is 23.2 Å². The summed E-state index contributed by atoms with van der Waals surface area (Å²) in [6.45, 7) is 4.34. The molecule has 1 atom stereocenters.